The lowest BCUT2D eigenvalue weighted by Gasteiger charge is -2.11. The first-order chi connectivity index (χ1) is 13.4. The molecule has 2 N–H and O–H groups in total. The van der Waals surface area contributed by atoms with Gasteiger partial charge in [-0.2, -0.15) is 4.98 Å². The molecule has 3 rings (SSSR count). The summed E-state index contributed by atoms with van der Waals surface area (Å²) in [5, 5.41) is 10.9. The fourth-order valence-electron chi connectivity index (χ4n) is 2.62. The molecule has 146 valence electrons. The first-order valence-corrected chi connectivity index (χ1v) is 9.51. The Morgan fingerprint density at radius 2 is 1.93 bits per heavy atom. The van der Waals surface area contributed by atoms with Gasteiger partial charge in [0.2, 0.25) is 11.7 Å². The minimum atomic E-state index is -0.0622. The molecule has 1 heterocycles. The van der Waals surface area contributed by atoms with Crippen LogP contribution in [0.15, 0.2) is 47.0 Å². The number of halogens is 1. The average molecular weight is 399 g/mol. The Morgan fingerprint density at radius 3 is 2.61 bits per heavy atom. The fourth-order valence-corrected chi connectivity index (χ4v) is 2.74. The number of carbonyl (C=O) groups excluding carboxylic acids is 1. The minimum absolute atomic E-state index is 0.0622. The highest BCUT2D eigenvalue weighted by atomic mass is 35.5. The lowest BCUT2D eigenvalue weighted by Crippen LogP contribution is -2.27. The Balaban J connectivity index is 1.62. The standard InChI is InChI=1S/C21H23ClN4O2/c1-13(2)11-24-21(27)16-6-9-18(14(3)10-16)23-12-19-25-20(26-28-19)15-4-7-17(22)8-5-15/h4-10,13,23H,11-12H2,1-3H3,(H,24,27). The van der Waals surface area contributed by atoms with Gasteiger partial charge in [-0.25, -0.2) is 0 Å². The first-order valence-electron chi connectivity index (χ1n) is 9.13. The summed E-state index contributed by atoms with van der Waals surface area (Å²) in [6, 6.07) is 12.8. The maximum Gasteiger partial charge on any atom is 0.251 e. The summed E-state index contributed by atoms with van der Waals surface area (Å²) in [7, 11) is 0. The lowest BCUT2D eigenvalue weighted by atomic mass is 10.1. The zero-order valence-electron chi connectivity index (χ0n) is 16.1. The smallest absolute Gasteiger partial charge is 0.251 e. The van der Waals surface area contributed by atoms with E-state index in [2.05, 4.69) is 34.6 Å². The summed E-state index contributed by atoms with van der Waals surface area (Å²) >= 11 is 5.90. The van der Waals surface area contributed by atoms with E-state index in [0.29, 0.717) is 41.3 Å². The van der Waals surface area contributed by atoms with Gasteiger partial charge in [-0.05, 0) is 60.9 Å². The third kappa shape index (κ3) is 5.10. The van der Waals surface area contributed by atoms with Crippen molar-refractivity contribution in [2.45, 2.75) is 27.3 Å². The zero-order valence-corrected chi connectivity index (χ0v) is 16.9. The molecule has 0 aliphatic rings. The van der Waals surface area contributed by atoms with Crippen LogP contribution < -0.4 is 10.6 Å². The quantitative estimate of drug-likeness (QED) is 0.603. The van der Waals surface area contributed by atoms with Crippen LogP contribution in [0.5, 0.6) is 0 Å². The molecule has 0 saturated heterocycles. The van der Waals surface area contributed by atoms with E-state index in [4.69, 9.17) is 16.1 Å². The van der Waals surface area contributed by atoms with E-state index in [1.165, 1.54) is 0 Å². The average Bonchev–Trinajstić information content (AvgIpc) is 3.14. The molecule has 0 fully saturated rings. The van der Waals surface area contributed by atoms with Gasteiger partial charge in [-0.15, -0.1) is 0 Å². The van der Waals surface area contributed by atoms with Gasteiger partial charge in [0, 0.05) is 28.4 Å². The van der Waals surface area contributed by atoms with Crippen molar-refractivity contribution in [3.05, 3.63) is 64.5 Å². The molecule has 6 nitrogen and oxygen atoms in total. The van der Waals surface area contributed by atoms with Crippen molar-refractivity contribution in [3.63, 3.8) is 0 Å². The Kier molecular flexibility index (Phi) is 6.31. The van der Waals surface area contributed by atoms with Gasteiger partial charge in [0.05, 0.1) is 6.54 Å². The van der Waals surface area contributed by atoms with E-state index < -0.39 is 0 Å². The van der Waals surface area contributed by atoms with Gasteiger partial charge in [-0.3, -0.25) is 4.79 Å². The first kappa shape index (κ1) is 19.9. The van der Waals surface area contributed by atoms with Crippen molar-refractivity contribution in [2.24, 2.45) is 5.92 Å². The molecule has 0 spiro atoms. The van der Waals surface area contributed by atoms with Crippen molar-refractivity contribution in [1.82, 2.24) is 15.5 Å². The summed E-state index contributed by atoms with van der Waals surface area (Å²) in [4.78, 5) is 16.6. The van der Waals surface area contributed by atoms with Crippen LogP contribution in [0.4, 0.5) is 5.69 Å². The number of hydrogen-bond acceptors (Lipinski definition) is 5. The van der Waals surface area contributed by atoms with Gasteiger partial charge in [0.15, 0.2) is 0 Å². The number of nitrogens with one attached hydrogen (secondary N) is 2. The topological polar surface area (TPSA) is 80.0 Å². The maximum absolute atomic E-state index is 12.2. The monoisotopic (exact) mass is 398 g/mol. The van der Waals surface area contributed by atoms with Gasteiger partial charge < -0.3 is 15.2 Å². The molecule has 0 aliphatic heterocycles. The number of aromatic nitrogens is 2. The third-order valence-electron chi connectivity index (χ3n) is 4.16. The van der Waals surface area contributed by atoms with Crippen LogP contribution in [-0.2, 0) is 6.54 Å². The van der Waals surface area contributed by atoms with Crippen LogP contribution in [-0.4, -0.2) is 22.6 Å². The molecule has 1 aromatic heterocycles. The predicted octanol–water partition coefficient (Wildman–Crippen LogP) is 4.70. The number of anilines is 1. The van der Waals surface area contributed by atoms with Gasteiger partial charge >= 0.3 is 0 Å². The van der Waals surface area contributed by atoms with Gasteiger partial charge in [0.25, 0.3) is 5.91 Å². The highest BCUT2D eigenvalue weighted by Crippen LogP contribution is 2.20. The molecule has 3 aromatic rings. The van der Waals surface area contributed by atoms with E-state index in [-0.39, 0.29) is 5.91 Å². The van der Waals surface area contributed by atoms with Gasteiger partial charge in [0.1, 0.15) is 0 Å². The zero-order chi connectivity index (χ0) is 20.1. The second kappa shape index (κ2) is 8.89. The molecular formula is C21H23ClN4O2. The molecule has 0 radical (unpaired) electrons. The van der Waals surface area contributed by atoms with E-state index >= 15 is 0 Å². The number of carbonyl (C=O) groups is 1. The van der Waals surface area contributed by atoms with Gasteiger partial charge in [-0.1, -0.05) is 30.6 Å². The van der Waals surface area contributed by atoms with Crippen LogP contribution >= 0.6 is 11.6 Å². The highest BCUT2D eigenvalue weighted by Gasteiger charge is 2.11. The highest BCUT2D eigenvalue weighted by molar-refractivity contribution is 6.30. The Hall–Kier alpha value is -2.86. The summed E-state index contributed by atoms with van der Waals surface area (Å²) < 4.78 is 5.31. The second-order valence-electron chi connectivity index (χ2n) is 7.01. The van der Waals surface area contributed by atoms with Crippen molar-refractivity contribution in [1.29, 1.82) is 0 Å². The molecule has 0 unspecified atom stereocenters. The molecule has 1 amide bonds. The number of hydrogen-bond donors (Lipinski definition) is 2. The fraction of sp³-hybridized carbons (Fsp3) is 0.286. The van der Waals surface area contributed by atoms with Crippen LogP contribution in [0.25, 0.3) is 11.4 Å². The van der Waals surface area contributed by atoms with E-state index in [9.17, 15) is 4.79 Å². The summed E-state index contributed by atoms with van der Waals surface area (Å²) in [6.45, 7) is 7.13. The van der Waals surface area contributed by atoms with Crippen LogP contribution in [0.3, 0.4) is 0 Å². The van der Waals surface area contributed by atoms with Crippen molar-refractivity contribution in [2.75, 3.05) is 11.9 Å². The SMILES string of the molecule is Cc1cc(C(=O)NCC(C)C)ccc1NCc1nc(-c2ccc(Cl)cc2)no1. The Bertz CT molecular complexity index is 951. The van der Waals surface area contributed by atoms with Crippen molar-refractivity contribution in [3.8, 4) is 11.4 Å². The summed E-state index contributed by atoms with van der Waals surface area (Å²) in [6.07, 6.45) is 0. The predicted molar refractivity (Wildman–Crippen MR) is 110 cm³/mol. The molecule has 0 aliphatic carbocycles. The molecule has 28 heavy (non-hydrogen) atoms. The second-order valence-corrected chi connectivity index (χ2v) is 7.44. The summed E-state index contributed by atoms with van der Waals surface area (Å²) in [5.41, 5.74) is 3.36. The van der Waals surface area contributed by atoms with Crippen molar-refractivity contribution >= 4 is 23.2 Å². The molecule has 7 heteroatoms. The Morgan fingerprint density at radius 1 is 1.18 bits per heavy atom. The number of benzene rings is 2. The number of nitrogens with zero attached hydrogens (tertiary/aromatic N) is 2. The number of amides is 1. The number of rotatable bonds is 7. The van der Waals surface area contributed by atoms with E-state index in [0.717, 1.165) is 16.8 Å². The molecule has 2 aromatic carbocycles. The largest absolute Gasteiger partial charge is 0.376 e. The molecular weight excluding hydrogens is 376 g/mol. The van der Waals surface area contributed by atoms with Crippen molar-refractivity contribution < 1.29 is 9.32 Å². The van der Waals surface area contributed by atoms with Crippen LogP contribution in [0, 0.1) is 12.8 Å². The molecule has 0 atom stereocenters. The lowest BCUT2D eigenvalue weighted by molar-refractivity contribution is 0.0949. The molecule has 0 saturated carbocycles. The summed E-state index contributed by atoms with van der Waals surface area (Å²) in [5.74, 6) is 1.34. The normalized spacial score (nSPS) is 10.9. The van der Waals surface area contributed by atoms with E-state index in [1.54, 1.807) is 18.2 Å². The van der Waals surface area contributed by atoms with Crippen LogP contribution in [0.1, 0.15) is 35.7 Å². The maximum atomic E-state index is 12.2. The Labute approximate surface area is 169 Å². The number of aryl methyl sites for hydroxylation is 1. The minimum Gasteiger partial charge on any atom is -0.376 e. The van der Waals surface area contributed by atoms with E-state index in [1.807, 2.05) is 31.2 Å². The van der Waals surface area contributed by atoms with Crippen LogP contribution in [0.2, 0.25) is 5.02 Å². The third-order valence-corrected chi connectivity index (χ3v) is 4.41. The molecule has 0 bridgehead atoms.